The van der Waals surface area contributed by atoms with Gasteiger partial charge in [0, 0.05) is 18.3 Å². The van der Waals surface area contributed by atoms with Crippen LogP contribution in [0.4, 0.5) is 5.69 Å². The molecular formula is C13H15NO2. The van der Waals surface area contributed by atoms with Crippen LogP contribution in [-0.4, -0.2) is 19.1 Å². The van der Waals surface area contributed by atoms with Gasteiger partial charge >= 0.3 is 5.97 Å². The molecule has 1 heterocycles. The maximum Gasteiger partial charge on any atom is 0.330 e. The van der Waals surface area contributed by atoms with Gasteiger partial charge in [-0.3, -0.25) is 0 Å². The highest BCUT2D eigenvalue weighted by Gasteiger charge is 2.08. The molecule has 0 aromatic heterocycles. The molecule has 0 saturated heterocycles. The standard InChI is InChI=1S/C13H15NO2/c1-2-16-13(15)6-4-10-3-5-12-11(9-10)7-8-14-12/h3-6,9,14H,2,7-8H2,1H3. The molecule has 0 saturated carbocycles. The SMILES string of the molecule is CCOC(=O)C=Cc1ccc2c(c1)CCN2. The van der Waals surface area contributed by atoms with E-state index < -0.39 is 0 Å². The summed E-state index contributed by atoms with van der Waals surface area (Å²) in [6.07, 6.45) is 4.31. The lowest BCUT2D eigenvalue weighted by Gasteiger charge is -2.00. The summed E-state index contributed by atoms with van der Waals surface area (Å²) in [4.78, 5) is 11.1. The quantitative estimate of drug-likeness (QED) is 0.623. The highest BCUT2D eigenvalue weighted by atomic mass is 16.5. The zero-order chi connectivity index (χ0) is 11.4. The average Bonchev–Trinajstić information content (AvgIpc) is 2.74. The minimum Gasteiger partial charge on any atom is -0.463 e. The summed E-state index contributed by atoms with van der Waals surface area (Å²) in [5.74, 6) is -0.291. The fourth-order valence-corrected chi connectivity index (χ4v) is 1.78. The molecule has 0 spiro atoms. The number of anilines is 1. The molecule has 1 aromatic rings. The van der Waals surface area contributed by atoms with Crippen LogP contribution in [-0.2, 0) is 16.0 Å². The van der Waals surface area contributed by atoms with Gasteiger partial charge < -0.3 is 10.1 Å². The number of nitrogens with one attached hydrogen (secondary N) is 1. The molecule has 1 N–H and O–H groups in total. The number of benzene rings is 1. The molecule has 3 nitrogen and oxygen atoms in total. The van der Waals surface area contributed by atoms with Crippen molar-refractivity contribution in [1.29, 1.82) is 0 Å². The highest BCUT2D eigenvalue weighted by Crippen LogP contribution is 2.23. The van der Waals surface area contributed by atoms with Crippen LogP contribution < -0.4 is 5.32 Å². The van der Waals surface area contributed by atoms with Crippen molar-refractivity contribution < 1.29 is 9.53 Å². The van der Waals surface area contributed by atoms with Gasteiger partial charge in [-0.15, -0.1) is 0 Å². The van der Waals surface area contributed by atoms with Crippen LogP contribution in [0.15, 0.2) is 24.3 Å². The van der Waals surface area contributed by atoms with Gasteiger partial charge in [-0.25, -0.2) is 4.79 Å². The molecule has 0 fully saturated rings. The van der Waals surface area contributed by atoms with Crippen LogP contribution in [0.1, 0.15) is 18.1 Å². The topological polar surface area (TPSA) is 38.3 Å². The van der Waals surface area contributed by atoms with E-state index in [4.69, 9.17) is 4.74 Å². The maximum absolute atomic E-state index is 11.1. The first-order valence-electron chi connectivity index (χ1n) is 5.51. The zero-order valence-electron chi connectivity index (χ0n) is 9.32. The summed E-state index contributed by atoms with van der Waals surface area (Å²) in [7, 11) is 0. The minimum atomic E-state index is -0.291. The van der Waals surface area contributed by atoms with E-state index in [9.17, 15) is 4.79 Å². The summed E-state index contributed by atoms with van der Waals surface area (Å²) >= 11 is 0. The molecule has 1 aromatic carbocycles. The second-order valence-electron chi connectivity index (χ2n) is 3.68. The molecule has 2 rings (SSSR count). The van der Waals surface area contributed by atoms with Crippen molar-refractivity contribution in [3.8, 4) is 0 Å². The molecule has 1 aliphatic rings. The summed E-state index contributed by atoms with van der Waals surface area (Å²) in [5.41, 5.74) is 3.55. The molecule has 84 valence electrons. The smallest absolute Gasteiger partial charge is 0.330 e. The second-order valence-corrected chi connectivity index (χ2v) is 3.68. The number of carbonyl (C=O) groups is 1. The summed E-state index contributed by atoms with van der Waals surface area (Å²) < 4.78 is 4.82. The van der Waals surface area contributed by atoms with Crippen LogP contribution in [0.3, 0.4) is 0 Å². The van der Waals surface area contributed by atoms with Crippen molar-refractivity contribution >= 4 is 17.7 Å². The third-order valence-electron chi connectivity index (χ3n) is 2.54. The number of fused-ring (bicyclic) bond motifs is 1. The number of ether oxygens (including phenoxy) is 1. The largest absolute Gasteiger partial charge is 0.463 e. The lowest BCUT2D eigenvalue weighted by molar-refractivity contribution is -0.137. The van der Waals surface area contributed by atoms with Gasteiger partial charge in [0.2, 0.25) is 0 Å². The summed E-state index contributed by atoms with van der Waals surface area (Å²) in [6.45, 7) is 3.21. The molecule has 0 unspecified atom stereocenters. The Balaban J connectivity index is 2.08. The summed E-state index contributed by atoms with van der Waals surface area (Å²) in [5, 5.41) is 3.30. The van der Waals surface area contributed by atoms with Gasteiger partial charge in [0.05, 0.1) is 6.61 Å². The number of hydrogen-bond donors (Lipinski definition) is 1. The van der Waals surface area contributed by atoms with Crippen LogP contribution >= 0.6 is 0 Å². The fraction of sp³-hybridized carbons (Fsp3) is 0.308. The molecule has 0 amide bonds. The Labute approximate surface area is 95.1 Å². The monoisotopic (exact) mass is 217 g/mol. The molecule has 0 aliphatic carbocycles. The molecule has 0 bridgehead atoms. The van der Waals surface area contributed by atoms with Crippen LogP contribution in [0, 0.1) is 0 Å². The van der Waals surface area contributed by atoms with E-state index >= 15 is 0 Å². The average molecular weight is 217 g/mol. The van der Waals surface area contributed by atoms with Gasteiger partial charge in [0.1, 0.15) is 0 Å². The van der Waals surface area contributed by atoms with E-state index in [0.717, 1.165) is 18.5 Å². The second kappa shape index (κ2) is 4.84. The van der Waals surface area contributed by atoms with E-state index in [1.807, 2.05) is 12.1 Å². The number of rotatable bonds is 3. The van der Waals surface area contributed by atoms with Gasteiger partial charge in [-0.2, -0.15) is 0 Å². The first-order valence-corrected chi connectivity index (χ1v) is 5.51. The molecule has 3 heteroatoms. The van der Waals surface area contributed by atoms with Gasteiger partial charge in [-0.1, -0.05) is 6.07 Å². The number of carbonyl (C=O) groups excluding carboxylic acids is 1. The highest BCUT2D eigenvalue weighted by molar-refractivity contribution is 5.87. The molecule has 0 radical (unpaired) electrons. The normalized spacial score (nSPS) is 13.6. The van der Waals surface area contributed by atoms with Crippen LogP contribution in [0.5, 0.6) is 0 Å². The Hall–Kier alpha value is -1.77. The maximum atomic E-state index is 11.1. The van der Waals surface area contributed by atoms with Crippen molar-refractivity contribution in [2.24, 2.45) is 0 Å². The van der Waals surface area contributed by atoms with Crippen molar-refractivity contribution in [1.82, 2.24) is 0 Å². The molecule has 16 heavy (non-hydrogen) atoms. The first kappa shape index (κ1) is 10.7. The fourth-order valence-electron chi connectivity index (χ4n) is 1.78. The third-order valence-corrected chi connectivity index (χ3v) is 2.54. The molecular weight excluding hydrogens is 202 g/mol. The van der Waals surface area contributed by atoms with Crippen LogP contribution in [0.2, 0.25) is 0 Å². The third kappa shape index (κ3) is 2.42. The zero-order valence-corrected chi connectivity index (χ0v) is 9.32. The van der Waals surface area contributed by atoms with Crippen LogP contribution in [0.25, 0.3) is 6.08 Å². The van der Waals surface area contributed by atoms with Crippen molar-refractivity contribution in [2.45, 2.75) is 13.3 Å². The van der Waals surface area contributed by atoms with Gasteiger partial charge in [-0.05, 0) is 42.7 Å². The predicted octanol–water partition coefficient (Wildman–Crippen LogP) is 2.23. The van der Waals surface area contributed by atoms with E-state index in [1.165, 1.54) is 17.3 Å². The lowest BCUT2D eigenvalue weighted by atomic mass is 10.1. The predicted molar refractivity (Wildman–Crippen MR) is 64.3 cm³/mol. The van der Waals surface area contributed by atoms with E-state index in [-0.39, 0.29) is 5.97 Å². The van der Waals surface area contributed by atoms with Gasteiger partial charge in [0.15, 0.2) is 0 Å². The van der Waals surface area contributed by atoms with E-state index in [0.29, 0.717) is 6.61 Å². The number of esters is 1. The first-order chi connectivity index (χ1) is 7.79. The van der Waals surface area contributed by atoms with Gasteiger partial charge in [0.25, 0.3) is 0 Å². The van der Waals surface area contributed by atoms with Crippen molar-refractivity contribution in [3.05, 3.63) is 35.4 Å². The summed E-state index contributed by atoms with van der Waals surface area (Å²) in [6, 6.07) is 6.14. The Morgan fingerprint density at radius 1 is 1.56 bits per heavy atom. The minimum absolute atomic E-state index is 0.291. The Morgan fingerprint density at radius 3 is 3.25 bits per heavy atom. The van der Waals surface area contributed by atoms with E-state index in [2.05, 4.69) is 11.4 Å². The Bertz CT molecular complexity index is 424. The number of hydrogen-bond acceptors (Lipinski definition) is 3. The van der Waals surface area contributed by atoms with Crippen molar-refractivity contribution in [3.63, 3.8) is 0 Å². The lowest BCUT2D eigenvalue weighted by Crippen LogP contribution is -1.98. The Morgan fingerprint density at radius 2 is 2.44 bits per heavy atom. The van der Waals surface area contributed by atoms with Crippen molar-refractivity contribution in [2.75, 3.05) is 18.5 Å². The van der Waals surface area contributed by atoms with E-state index in [1.54, 1.807) is 13.0 Å². The Kier molecular flexibility index (Phi) is 3.25. The molecule has 1 aliphatic heterocycles. The molecule has 0 atom stereocenters.